The van der Waals surface area contributed by atoms with Crippen LogP contribution in [0.25, 0.3) is 6.08 Å². The molecule has 0 unspecified atom stereocenters. The number of hydrogen-bond donors (Lipinski definition) is 2. The molecule has 1 aliphatic heterocycles. The normalized spacial score (nSPS) is 14.8. The number of para-hydroxylation sites is 2. The summed E-state index contributed by atoms with van der Waals surface area (Å²) in [6.45, 7) is -0.404. The van der Waals surface area contributed by atoms with Gasteiger partial charge in [-0.3, -0.25) is 24.6 Å². The standard InChI is InChI=1S/C24H19N3O6/c28-21(25-17-8-2-1-3-9-17)15-33-20-11-5-4-7-16(20)13-19-22(29)26-24(31)27(23(19)30)14-18-10-6-12-32-18/h1-13H,14-15H2,(H,25,28)(H,26,29,31)/b19-13+. The number of furan rings is 1. The SMILES string of the molecule is O=C(COc1ccccc1/C=C1\C(=O)NC(=O)N(Cc2ccco2)C1=O)Nc1ccccc1. The number of urea groups is 1. The number of nitrogens with zero attached hydrogens (tertiary/aromatic N) is 1. The Morgan fingerprint density at radius 1 is 1.00 bits per heavy atom. The fourth-order valence-electron chi connectivity index (χ4n) is 3.14. The minimum Gasteiger partial charge on any atom is -0.483 e. The van der Waals surface area contributed by atoms with E-state index >= 15 is 0 Å². The lowest BCUT2D eigenvalue weighted by Crippen LogP contribution is -2.53. The minimum atomic E-state index is -0.833. The van der Waals surface area contributed by atoms with Crippen molar-refractivity contribution in [3.8, 4) is 5.75 Å². The van der Waals surface area contributed by atoms with Crippen molar-refractivity contribution < 1.29 is 28.3 Å². The Morgan fingerprint density at radius 2 is 1.76 bits per heavy atom. The monoisotopic (exact) mass is 445 g/mol. The highest BCUT2D eigenvalue weighted by atomic mass is 16.5. The van der Waals surface area contributed by atoms with E-state index in [2.05, 4.69) is 10.6 Å². The maximum absolute atomic E-state index is 12.9. The molecule has 0 aliphatic carbocycles. The molecule has 2 aromatic carbocycles. The molecule has 1 fully saturated rings. The number of anilines is 1. The highest BCUT2D eigenvalue weighted by Crippen LogP contribution is 2.24. The predicted molar refractivity (Wildman–Crippen MR) is 118 cm³/mol. The van der Waals surface area contributed by atoms with Gasteiger partial charge in [-0.1, -0.05) is 36.4 Å². The van der Waals surface area contributed by atoms with Crippen LogP contribution in [0.1, 0.15) is 11.3 Å². The molecule has 2 N–H and O–H groups in total. The molecule has 1 aliphatic rings. The molecule has 0 bridgehead atoms. The molecule has 9 heteroatoms. The van der Waals surface area contributed by atoms with Crippen molar-refractivity contribution in [1.29, 1.82) is 0 Å². The van der Waals surface area contributed by atoms with Gasteiger partial charge in [0.2, 0.25) is 0 Å². The van der Waals surface area contributed by atoms with Gasteiger partial charge in [0.25, 0.3) is 17.7 Å². The number of carbonyl (C=O) groups is 4. The Bertz CT molecular complexity index is 1220. The number of ether oxygens (including phenoxy) is 1. The van der Waals surface area contributed by atoms with Crippen LogP contribution in [-0.2, 0) is 20.9 Å². The van der Waals surface area contributed by atoms with Gasteiger partial charge in [0, 0.05) is 11.3 Å². The maximum atomic E-state index is 12.9. The summed E-state index contributed by atoms with van der Waals surface area (Å²) in [7, 11) is 0. The Labute approximate surface area is 188 Å². The molecule has 33 heavy (non-hydrogen) atoms. The third-order valence-corrected chi connectivity index (χ3v) is 4.72. The van der Waals surface area contributed by atoms with Gasteiger partial charge in [-0.05, 0) is 36.4 Å². The lowest BCUT2D eigenvalue weighted by atomic mass is 10.1. The molecule has 0 saturated carbocycles. The summed E-state index contributed by atoms with van der Waals surface area (Å²) >= 11 is 0. The van der Waals surface area contributed by atoms with Crippen LogP contribution in [0.15, 0.2) is 83.0 Å². The average molecular weight is 445 g/mol. The molecular formula is C24H19N3O6. The quantitative estimate of drug-likeness (QED) is 0.426. The van der Waals surface area contributed by atoms with Crippen molar-refractivity contribution in [3.63, 3.8) is 0 Å². The van der Waals surface area contributed by atoms with Gasteiger partial charge >= 0.3 is 6.03 Å². The van der Waals surface area contributed by atoms with Gasteiger partial charge in [0.15, 0.2) is 6.61 Å². The summed E-state index contributed by atoms with van der Waals surface area (Å²) in [4.78, 5) is 50.5. The topological polar surface area (TPSA) is 118 Å². The smallest absolute Gasteiger partial charge is 0.331 e. The highest BCUT2D eigenvalue weighted by Gasteiger charge is 2.36. The van der Waals surface area contributed by atoms with E-state index in [9.17, 15) is 19.2 Å². The number of benzene rings is 2. The highest BCUT2D eigenvalue weighted by molar-refractivity contribution is 6.31. The largest absolute Gasteiger partial charge is 0.483 e. The second-order valence-corrected chi connectivity index (χ2v) is 7.03. The molecule has 1 aromatic heterocycles. The molecule has 0 radical (unpaired) electrons. The Morgan fingerprint density at radius 3 is 2.52 bits per heavy atom. The molecule has 1 saturated heterocycles. The van der Waals surface area contributed by atoms with E-state index in [0.29, 0.717) is 22.8 Å². The summed E-state index contributed by atoms with van der Waals surface area (Å²) in [5, 5.41) is 4.86. The molecule has 2 heterocycles. The van der Waals surface area contributed by atoms with Crippen molar-refractivity contribution in [1.82, 2.24) is 10.2 Å². The van der Waals surface area contributed by atoms with E-state index in [0.717, 1.165) is 4.90 Å². The summed E-state index contributed by atoms with van der Waals surface area (Å²) in [6, 6.07) is 18.0. The number of amides is 5. The van der Waals surface area contributed by atoms with Crippen molar-refractivity contribution in [3.05, 3.63) is 89.9 Å². The first-order valence-electron chi connectivity index (χ1n) is 9.99. The number of hydrogen-bond acceptors (Lipinski definition) is 6. The Hall–Kier alpha value is -4.66. The van der Waals surface area contributed by atoms with Crippen molar-refractivity contribution in [2.45, 2.75) is 6.54 Å². The van der Waals surface area contributed by atoms with Crippen LogP contribution in [0.3, 0.4) is 0 Å². The van der Waals surface area contributed by atoms with E-state index in [1.165, 1.54) is 12.3 Å². The zero-order chi connectivity index (χ0) is 23.2. The maximum Gasteiger partial charge on any atom is 0.331 e. The second kappa shape index (κ2) is 9.65. The Balaban J connectivity index is 1.50. The molecule has 0 spiro atoms. The molecule has 3 aromatic rings. The van der Waals surface area contributed by atoms with Crippen LogP contribution < -0.4 is 15.4 Å². The third-order valence-electron chi connectivity index (χ3n) is 4.72. The van der Waals surface area contributed by atoms with E-state index < -0.39 is 17.8 Å². The average Bonchev–Trinajstić information content (AvgIpc) is 3.33. The second-order valence-electron chi connectivity index (χ2n) is 7.03. The Kier molecular flexibility index (Phi) is 6.31. The molecule has 0 atom stereocenters. The lowest BCUT2D eigenvalue weighted by molar-refractivity contribution is -0.130. The van der Waals surface area contributed by atoms with E-state index in [-0.39, 0.29) is 24.6 Å². The number of carbonyl (C=O) groups excluding carboxylic acids is 4. The molecule has 9 nitrogen and oxygen atoms in total. The predicted octanol–water partition coefficient (Wildman–Crippen LogP) is 2.96. The van der Waals surface area contributed by atoms with Gasteiger partial charge < -0.3 is 14.5 Å². The zero-order valence-corrected chi connectivity index (χ0v) is 17.3. The third kappa shape index (κ3) is 5.16. The van der Waals surface area contributed by atoms with Gasteiger partial charge in [0.05, 0.1) is 12.8 Å². The van der Waals surface area contributed by atoms with Crippen molar-refractivity contribution >= 4 is 35.5 Å². The van der Waals surface area contributed by atoms with Gasteiger partial charge in [-0.2, -0.15) is 0 Å². The van der Waals surface area contributed by atoms with Crippen LogP contribution in [-0.4, -0.2) is 35.3 Å². The first-order chi connectivity index (χ1) is 16.0. The first-order valence-corrected chi connectivity index (χ1v) is 9.99. The molecule has 5 amide bonds. The minimum absolute atomic E-state index is 0.125. The van der Waals surface area contributed by atoms with Crippen LogP contribution >= 0.6 is 0 Å². The van der Waals surface area contributed by atoms with Gasteiger partial charge in [-0.15, -0.1) is 0 Å². The van der Waals surface area contributed by atoms with E-state index in [1.54, 1.807) is 60.7 Å². The fraction of sp³-hybridized carbons (Fsp3) is 0.0833. The van der Waals surface area contributed by atoms with Crippen LogP contribution in [0, 0.1) is 0 Å². The lowest BCUT2D eigenvalue weighted by Gasteiger charge is -2.25. The zero-order valence-electron chi connectivity index (χ0n) is 17.3. The van der Waals surface area contributed by atoms with Crippen LogP contribution in [0.2, 0.25) is 0 Å². The first kappa shape index (κ1) is 21.6. The molecule has 166 valence electrons. The fourth-order valence-corrected chi connectivity index (χ4v) is 3.14. The number of nitrogens with one attached hydrogen (secondary N) is 2. The van der Waals surface area contributed by atoms with Crippen molar-refractivity contribution in [2.24, 2.45) is 0 Å². The number of barbiturate groups is 1. The summed E-state index contributed by atoms with van der Waals surface area (Å²) in [5.74, 6) is -1.27. The molecular weight excluding hydrogens is 426 g/mol. The van der Waals surface area contributed by atoms with Crippen molar-refractivity contribution in [2.75, 3.05) is 11.9 Å². The summed E-state index contributed by atoms with van der Waals surface area (Å²) in [6.07, 6.45) is 2.74. The molecule has 4 rings (SSSR count). The number of imide groups is 2. The van der Waals surface area contributed by atoms with E-state index in [1.807, 2.05) is 6.07 Å². The van der Waals surface area contributed by atoms with Crippen LogP contribution in [0.5, 0.6) is 5.75 Å². The van der Waals surface area contributed by atoms with E-state index in [4.69, 9.17) is 9.15 Å². The number of rotatable bonds is 7. The summed E-state index contributed by atoms with van der Waals surface area (Å²) in [5.41, 5.74) is 0.786. The van der Waals surface area contributed by atoms with Gasteiger partial charge in [0.1, 0.15) is 17.1 Å². The van der Waals surface area contributed by atoms with Crippen LogP contribution in [0.4, 0.5) is 10.5 Å². The summed E-state index contributed by atoms with van der Waals surface area (Å²) < 4.78 is 10.8. The van der Waals surface area contributed by atoms with Gasteiger partial charge in [-0.25, -0.2) is 4.79 Å².